The van der Waals surface area contributed by atoms with Gasteiger partial charge in [-0.1, -0.05) is 12.1 Å². The molecule has 8 nitrogen and oxygen atoms in total. The largest absolute Gasteiger partial charge is 0.493 e. The van der Waals surface area contributed by atoms with Crippen LogP contribution in [0.1, 0.15) is 5.56 Å². The molecule has 0 saturated carbocycles. The van der Waals surface area contributed by atoms with E-state index in [0.717, 1.165) is 11.1 Å². The molecule has 0 unspecified atom stereocenters. The highest BCUT2D eigenvalue weighted by Gasteiger charge is 2.16. The van der Waals surface area contributed by atoms with Crippen molar-refractivity contribution in [3.8, 4) is 34.3 Å². The minimum atomic E-state index is -0.311. The first-order chi connectivity index (χ1) is 14.0. The zero-order valence-electron chi connectivity index (χ0n) is 16.7. The number of aryl methyl sites for hydroxylation is 1. The van der Waals surface area contributed by atoms with Gasteiger partial charge in [0.2, 0.25) is 5.75 Å². The predicted octanol–water partition coefficient (Wildman–Crippen LogP) is 3.43. The normalized spacial score (nSPS) is 10.3. The first-order valence-electron chi connectivity index (χ1n) is 8.89. The quantitative estimate of drug-likeness (QED) is 0.605. The monoisotopic (exact) mass is 397 g/mol. The third-order valence-corrected chi connectivity index (χ3v) is 4.18. The Morgan fingerprint density at radius 2 is 1.76 bits per heavy atom. The fourth-order valence-corrected chi connectivity index (χ4v) is 2.80. The predicted molar refractivity (Wildman–Crippen MR) is 109 cm³/mol. The first-order valence-corrected chi connectivity index (χ1v) is 8.89. The lowest BCUT2D eigenvalue weighted by atomic mass is 10.1. The number of aromatic amines is 1. The van der Waals surface area contributed by atoms with E-state index in [4.69, 9.17) is 18.9 Å². The highest BCUT2D eigenvalue weighted by Crippen LogP contribution is 2.41. The molecule has 0 saturated heterocycles. The van der Waals surface area contributed by atoms with Crippen molar-refractivity contribution in [3.63, 3.8) is 0 Å². The van der Waals surface area contributed by atoms with Gasteiger partial charge in [-0.05, 0) is 36.8 Å². The number of anilines is 1. The van der Waals surface area contributed by atoms with E-state index in [1.165, 1.54) is 0 Å². The molecule has 2 aromatic carbocycles. The topological polar surface area (TPSA) is 94.7 Å². The maximum absolute atomic E-state index is 12.2. The molecule has 3 aromatic rings. The molecule has 1 amide bonds. The molecule has 0 aliphatic heterocycles. The van der Waals surface area contributed by atoms with Crippen molar-refractivity contribution in [3.05, 3.63) is 48.0 Å². The van der Waals surface area contributed by atoms with Crippen molar-refractivity contribution >= 4 is 11.7 Å². The number of nitrogens with one attached hydrogen (secondary N) is 2. The number of rotatable bonds is 8. The standard InChI is InChI=1S/C21H23N3O5/c1-13-6-5-7-15(8-13)29-12-20(25)22-19-11-16(23-24-19)14-9-17(26-2)21(28-4)18(10-14)27-3/h5-11H,12H2,1-4H3,(H2,22,23,24,25). The smallest absolute Gasteiger partial charge is 0.263 e. The van der Waals surface area contributed by atoms with E-state index < -0.39 is 0 Å². The molecule has 3 rings (SSSR count). The number of H-pyrrole nitrogens is 1. The van der Waals surface area contributed by atoms with Crippen LogP contribution in [0.3, 0.4) is 0 Å². The number of aromatic nitrogens is 2. The number of carbonyl (C=O) groups is 1. The van der Waals surface area contributed by atoms with E-state index in [2.05, 4.69) is 15.5 Å². The van der Waals surface area contributed by atoms with E-state index in [1.54, 1.807) is 45.6 Å². The van der Waals surface area contributed by atoms with Gasteiger partial charge >= 0.3 is 0 Å². The second-order valence-electron chi connectivity index (χ2n) is 6.23. The van der Waals surface area contributed by atoms with E-state index >= 15 is 0 Å². The second kappa shape index (κ2) is 9.01. The molecule has 152 valence electrons. The van der Waals surface area contributed by atoms with Crippen molar-refractivity contribution in [2.45, 2.75) is 6.92 Å². The van der Waals surface area contributed by atoms with Crippen molar-refractivity contribution in [1.29, 1.82) is 0 Å². The Morgan fingerprint density at radius 3 is 2.38 bits per heavy atom. The fraction of sp³-hybridized carbons (Fsp3) is 0.238. The lowest BCUT2D eigenvalue weighted by Crippen LogP contribution is -2.20. The molecule has 0 spiro atoms. The highest BCUT2D eigenvalue weighted by atomic mass is 16.5. The van der Waals surface area contributed by atoms with Gasteiger partial charge in [0.1, 0.15) is 5.75 Å². The molecule has 29 heavy (non-hydrogen) atoms. The van der Waals surface area contributed by atoms with Crippen LogP contribution in [-0.4, -0.2) is 44.0 Å². The van der Waals surface area contributed by atoms with Gasteiger partial charge in [0, 0.05) is 11.6 Å². The number of ether oxygens (including phenoxy) is 4. The summed E-state index contributed by atoms with van der Waals surface area (Å²) >= 11 is 0. The molecule has 0 atom stereocenters. The van der Waals surface area contributed by atoms with Crippen LogP contribution in [0.15, 0.2) is 42.5 Å². The lowest BCUT2D eigenvalue weighted by molar-refractivity contribution is -0.118. The van der Waals surface area contributed by atoms with Crippen LogP contribution in [0.4, 0.5) is 5.82 Å². The van der Waals surface area contributed by atoms with Gasteiger partial charge in [0.15, 0.2) is 23.9 Å². The zero-order valence-corrected chi connectivity index (χ0v) is 16.7. The molecule has 0 radical (unpaired) electrons. The summed E-state index contributed by atoms with van der Waals surface area (Å²) in [5.74, 6) is 2.25. The summed E-state index contributed by atoms with van der Waals surface area (Å²) in [6.07, 6.45) is 0. The molecule has 0 bridgehead atoms. The Balaban J connectivity index is 1.69. The highest BCUT2D eigenvalue weighted by molar-refractivity contribution is 5.91. The average molecular weight is 397 g/mol. The molecule has 1 aromatic heterocycles. The van der Waals surface area contributed by atoms with Crippen LogP contribution in [0.25, 0.3) is 11.3 Å². The maximum Gasteiger partial charge on any atom is 0.263 e. The van der Waals surface area contributed by atoms with E-state index in [-0.39, 0.29) is 12.5 Å². The SMILES string of the molecule is COc1cc(-c2cc(NC(=O)COc3cccc(C)c3)n[nH]2)cc(OC)c1OC. The van der Waals surface area contributed by atoms with Crippen molar-refractivity contribution in [1.82, 2.24) is 10.2 Å². The lowest BCUT2D eigenvalue weighted by Gasteiger charge is -2.13. The number of carbonyl (C=O) groups excluding carboxylic acids is 1. The van der Waals surface area contributed by atoms with E-state index in [1.807, 2.05) is 25.1 Å². The van der Waals surface area contributed by atoms with Crippen LogP contribution in [-0.2, 0) is 4.79 Å². The number of hydrogen-bond donors (Lipinski definition) is 2. The molecule has 0 aliphatic carbocycles. The Hall–Kier alpha value is -3.68. The van der Waals surface area contributed by atoms with Gasteiger partial charge in [-0.25, -0.2) is 0 Å². The number of benzene rings is 2. The van der Waals surface area contributed by atoms with Gasteiger partial charge in [0.05, 0.1) is 27.0 Å². The first kappa shape index (κ1) is 20.1. The number of nitrogens with zero attached hydrogens (tertiary/aromatic N) is 1. The third-order valence-electron chi connectivity index (χ3n) is 4.18. The molecule has 8 heteroatoms. The summed E-state index contributed by atoms with van der Waals surface area (Å²) < 4.78 is 21.6. The van der Waals surface area contributed by atoms with Crippen molar-refractivity contribution in [2.24, 2.45) is 0 Å². The third kappa shape index (κ3) is 4.78. The maximum atomic E-state index is 12.2. The molecule has 0 fully saturated rings. The van der Waals surface area contributed by atoms with Crippen LogP contribution in [0.2, 0.25) is 0 Å². The zero-order chi connectivity index (χ0) is 20.8. The van der Waals surface area contributed by atoms with Crippen molar-refractivity contribution in [2.75, 3.05) is 33.3 Å². The van der Waals surface area contributed by atoms with Crippen LogP contribution in [0, 0.1) is 6.92 Å². The molecular weight excluding hydrogens is 374 g/mol. The summed E-state index contributed by atoms with van der Waals surface area (Å²) in [4.78, 5) is 12.2. The average Bonchev–Trinajstić information content (AvgIpc) is 3.19. The Morgan fingerprint density at radius 1 is 1.03 bits per heavy atom. The number of hydrogen-bond acceptors (Lipinski definition) is 6. The van der Waals surface area contributed by atoms with Gasteiger partial charge in [-0.2, -0.15) is 5.10 Å². The van der Waals surface area contributed by atoms with E-state index in [0.29, 0.717) is 34.5 Å². The second-order valence-corrected chi connectivity index (χ2v) is 6.23. The fourth-order valence-electron chi connectivity index (χ4n) is 2.80. The van der Waals surface area contributed by atoms with Gasteiger partial charge in [-0.15, -0.1) is 0 Å². The van der Waals surface area contributed by atoms with Gasteiger partial charge in [0.25, 0.3) is 5.91 Å². The minimum Gasteiger partial charge on any atom is -0.493 e. The van der Waals surface area contributed by atoms with Gasteiger partial charge < -0.3 is 24.3 Å². The minimum absolute atomic E-state index is 0.115. The molecular formula is C21H23N3O5. The summed E-state index contributed by atoms with van der Waals surface area (Å²) in [5.41, 5.74) is 2.51. The Labute approximate surface area is 168 Å². The summed E-state index contributed by atoms with van der Waals surface area (Å²) in [6.45, 7) is 1.84. The van der Waals surface area contributed by atoms with E-state index in [9.17, 15) is 4.79 Å². The number of amides is 1. The molecule has 1 heterocycles. The van der Waals surface area contributed by atoms with Gasteiger partial charge in [-0.3, -0.25) is 9.89 Å². The summed E-state index contributed by atoms with van der Waals surface area (Å²) in [7, 11) is 4.64. The van der Waals surface area contributed by atoms with Crippen molar-refractivity contribution < 1.29 is 23.7 Å². The Bertz CT molecular complexity index is 974. The summed E-state index contributed by atoms with van der Waals surface area (Å²) in [6, 6.07) is 12.8. The van der Waals surface area contributed by atoms with Crippen LogP contribution >= 0.6 is 0 Å². The Kier molecular flexibility index (Phi) is 6.23. The molecule has 2 N–H and O–H groups in total. The number of methoxy groups -OCH3 is 3. The summed E-state index contributed by atoms with van der Waals surface area (Å²) in [5, 5.41) is 9.72. The van der Waals surface area contributed by atoms with Crippen LogP contribution in [0.5, 0.6) is 23.0 Å². The van der Waals surface area contributed by atoms with Crippen LogP contribution < -0.4 is 24.3 Å². The molecule has 0 aliphatic rings.